The third kappa shape index (κ3) is 5.27. The van der Waals surface area contributed by atoms with E-state index in [4.69, 9.17) is 14.2 Å². The van der Waals surface area contributed by atoms with E-state index in [1.807, 2.05) is 12.1 Å². The summed E-state index contributed by atoms with van der Waals surface area (Å²) in [6.45, 7) is 0.213. The van der Waals surface area contributed by atoms with Gasteiger partial charge in [-0.1, -0.05) is 23.4 Å². The Labute approximate surface area is 239 Å². The number of anilines is 1. The molecule has 4 atom stereocenters. The molecule has 2 aromatic heterocycles. The number of nitrogens with zero attached hydrogens (tertiary/aromatic N) is 4. The summed E-state index contributed by atoms with van der Waals surface area (Å²) in [4.78, 5) is 9.20. The Morgan fingerprint density at radius 3 is 2.55 bits per heavy atom. The van der Waals surface area contributed by atoms with Gasteiger partial charge in [0, 0.05) is 23.1 Å². The number of benzene rings is 2. The van der Waals surface area contributed by atoms with E-state index in [9.17, 15) is 18.4 Å². The number of hydrogen-bond donors (Lipinski definition) is 1. The van der Waals surface area contributed by atoms with E-state index in [1.54, 1.807) is 24.4 Å². The van der Waals surface area contributed by atoms with E-state index >= 15 is 0 Å². The van der Waals surface area contributed by atoms with Gasteiger partial charge in [-0.05, 0) is 74.6 Å². The number of hydrogen-bond acceptors (Lipinski definition) is 8. The molecule has 1 N–H and O–H groups in total. The topological polar surface area (TPSA) is 106 Å². The molecular weight excluding hydrogens is 547 g/mol. The summed E-state index contributed by atoms with van der Waals surface area (Å²) in [7, 11) is 0. The number of para-hydroxylation sites is 2. The van der Waals surface area contributed by atoms with Crippen LogP contribution in [0.4, 0.5) is 19.0 Å². The Hall–Kier alpha value is -4.17. The van der Waals surface area contributed by atoms with Crippen molar-refractivity contribution in [3.63, 3.8) is 0 Å². The molecule has 4 aromatic rings. The zero-order valence-electron chi connectivity index (χ0n) is 22.6. The summed E-state index contributed by atoms with van der Waals surface area (Å²) in [6.07, 6.45) is 2.68. The number of rotatable bonds is 8. The molecular formula is C31H28F3N5O3. The molecule has 2 heterocycles. The summed E-state index contributed by atoms with van der Waals surface area (Å²) >= 11 is 0. The van der Waals surface area contributed by atoms with Gasteiger partial charge in [-0.25, -0.2) is 9.97 Å². The molecule has 0 saturated heterocycles. The van der Waals surface area contributed by atoms with Crippen molar-refractivity contribution < 1.29 is 27.2 Å². The van der Waals surface area contributed by atoms with Crippen LogP contribution in [-0.2, 0) is 11.3 Å². The number of nitriles is 1. The molecule has 0 spiro atoms. The monoisotopic (exact) mass is 575 g/mol. The maximum Gasteiger partial charge on any atom is 0.573 e. The van der Waals surface area contributed by atoms with Gasteiger partial charge in [-0.2, -0.15) is 5.26 Å². The highest BCUT2D eigenvalue weighted by Gasteiger charge is 2.44. The molecule has 2 aromatic carbocycles. The standard InChI is InChI=1S/C31H28F3N5O3/c32-31(33,34)41-25-7-2-1-5-22(25)29-23(30(42-39-29)17-8-9-17)16-40-21-12-18-10-11-19(13-21)27(18)38-26-15-36-28-20(14-35)4-3-6-24(28)37-26/h1-7,15,17-19,21,27H,8-13,16H2,(H,37,38)/t18-,19+,21?,27?. The summed E-state index contributed by atoms with van der Waals surface area (Å²) in [5, 5.41) is 17.1. The zero-order valence-corrected chi connectivity index (χ0v) is 22.6. The van der Waals surface area contributed by atoms with E-state index in [2.05, 4.69) is 26.3 Å². The number of ether oxygens (including phenoxy) is 2. The normalized spacial score (nSPS) is 23.6. The third-order valence-corrected chi connectivity index (χ3v) is 8.66. The predicted octanol–water partition coefficient (Wildman–Crippen LogP) is 7.12. The molecule has 2 unspecified atom stereocenters. The van der Waals surface area contributed by atoms with Crippen molar-refractivity contribution >= 4 is 16.9 Å². The number of halogens is 3. The highest BCUT2D eigenvalue weighted by molar-refractivity contribution is 5.81. The second kappa shape index (κ2) is 10.6. The first-order valence-corrected chi connectivity index (χ1v) is 14.2. The minimum absolute atomic E-state index is 0.0119. The molecule has 0 aliphatic heterocycles. The molecule has 2 bridgehead atoms. The molecule has 11 heteroatoms. The lowest BCUT2D eigenvalue weighted by Gasteiger charge is -2.36. The van der Waals surface area contributed by atoms with Gasteiger partial charge in [0.15, 0.2) is 0 Å². The van der Waals surface area contributed by atoms with Crippen LogP contribution in [0.3, 0.4) is 0 Å². The first-order valence-electron chi connectivity index (χ1n) is 14.2. The van der Waals surface area contributed by atoms with Crippen molar-refractivity contribution in [1.82, 2.24) is 15.1 Å². The fraction of sp³-hybridized carbons (Fsp3) is 0.419. The Balaban J connectivity index is 1.06. The molecule has 216 valence electrons. The molecule has 3 fully saturated rings. The predicted molar refractivity (Wildman–Crippen MR) is 146 cm³/mol. The van der Waals surface area contributed by atoms with Crippen molar-refractivity contribution in [3.05, 3.63) is 65.5 Å². The van der Waals surface area contributed by atoms with Gasteiger partial charge in [0.2, 0.25) is 0 Å². The Bertz CT molecular complexity index is 1650. The van der Waals surface area contributed by atoms with Gasteiger partial charge < -0.3 is 19.3 Å². The molecule has 3 saturated carbocycles. The third-order valence-electron chi connectivity index (χ3n) is 8.66. The summed E-state index contributed by atoms with van der Waals surface area (Å²) in [5.41, 5.74) is 3.05. The van der Waals surface area contributed by atoms with Crippen LogP contribution in [0.1, 0.15) is 61.3 Å². The van der Waals surface area contributed by atoms with E-state index in [0.717, 1.165) is 38.5 Å². The van der Waals surface area contributed by atoms with E-state index in [-0.39, 0.29) is 36.0 Å². The van der Waals surface area contributed by atoms with E-state index < -0.39 is 6.36 Å². The molecule has 3 aliphatic rings. The van der Waals surface area contributed by atoms with Crippen molar-refractivity contribution in [3.8, 4) is 23.1 Å². The van der Waals surface area contributed by atoms with Gasteiger partial charge in [-0.3, -0.25) is 0 Å². The Morgan fingerprint density at radius 1 is 1.02 bits per heavy atom. The quantitative estimate of drug-likeness (QED) is 0.237. The molecule has 0 radical (unpaired) electrons. The lowest BCUT2D eigenvalue weighted by atomic mass is 9.82. The number of nitrogens with one attached hydrogen (secondary N) is 1. The van der Waals surface area contributed by atoms with Gasteiger partial charge in [0.1, 0.15) is 34.6 Å². The van der Waals surface area contributed by atoms with Crippen LogP contribution in [0.25, 0.3) is 22.3 Å². The number of aromatic nitrogens is 3. The van der Waals surface area contributed by atoms with Crippen LogP contribution in [0.15, 0.2) is 53.2 Å². The van der Waals surface area contributed by atoms with Gasteiger partial charge >= 0.3 is 6.36 Å². The fourth-order valence-corrected chi connectivity index (χ4v) is 6.63. The SMILES string of the molecule is N#Cc1cccc2nc(NC3[C@@H]4CC[C@H]3CC(OCc3c(-c5ccccc5OC(F)(F)F)noc3C3CC3)C4)cnc12. The zero-order chi connectivity index (χ0) is 28.8. The first-order chi connectivity index (χ1) is 20.4. The van der Waals surface area contributed by atoms with Gasteiger partial charge in [0.25, 0.3) is 0 Å². The molecule has 3 aliphatic carbocycles. The van der Waals surface area contributed by atoms with Crippen LogP contribution in [-0.4, -0.2) is 33.6 Å². The largest absolute Gasteiger partial charge is 0.573 e. The smallest absolute Gasteiger partial charge is 0.405 e. The van der Waals surface area contributed by atoms with Crippen molar-refractivity contribution in [2.45, 2.75) is 69.6 Å². The van der Waals surface area contributed by atoms with Gasteiger partial charge in [-0.15, -0.1) is 13.2 Å². The van der Waals surface area contributed by atoms with Crippen molar-refractivity contribution in [2.24, 2.45) is 11.8 Å². The first kappa shape index (κ1) is 26.7. The van der Waals surface area contributed by atoms with Crippen LogP contribution < -0.4 is 10.1 Å². The number of alkyl halides is 3. The highest BCUT2D eigenvalue weighted by atomic mass is 19.4. The van der Waals surface area contributed by atoms with Crippen LogP contribution in [0.2, 0.25) is 0 Å². The fourth-order valence-electron chi connectivity index (χ4n) is 6.63. The summed E-state index contributed by atoms with van der Waals surface area (Å²) in [5.74, 6) is 2.07. The van der Waals surface area contributed by atoms with Crippen molar-refractivity contribution in [1.29, 1.82) is 5.26 Å². The van der Waals surface area contributed by atoms with Crippen molar-refractivity contribution in [2.75, 3.05) is 5.32 Å². The minimum Gasteiger partial charge on any atom is -0.405 e. The molecule has 8 nitrogen and oxygen atoms in total. The van der Waals surface area contributed by atoms with Crippen LogP contribution >= 0.6 is 0 Å². The van der Waals surface area contributed by atoms with Crippen LogP contribution in [0, 0.1) is 23.2 Å². The highest BCUT2D eigenvalue weighted by Crippen LogP contribution is 2.47. The average molecular weight is 576 g/mol. The van der Waals surface area contributed by atoms with E-state index in [1.165, 1.54) is 12.1 Å². The maximum atomic E-state index is 13.1. The Kier molecular flexibility index (Phi) is 6.73. The molecule has 42 heavy (non-hydrogen) atoms. The maximum absolute atomic E-state index is 13.1. The number of fused-ring (bicyclic) bond motifs is 3. The van der Waals surface area contributed by atoms with Crippen LogP contribution in [0.5, 0.6) is 5.75 Å². The molecule has 0 amide bonds. The second-order valence-corrected chi connectivity index (χ2v) is 11.4. The lowest BCUT2D eigenvalue weighted by molar-refractivity contribution is -0.274. The molecule has 7 rings (SSSR count). The van der Waals surface area contributed by atoms with E-state index in [0.29, 0.717) is 51.3 Å². The second-order valence-electron chi connectivity index (χ2n) is 11.4. The minimum atomic E-state index is -4.82. The summed E-state index contributed by atoms with van der Waals surface area (Å²) in [6, 6.07) is 13.8. The average Bonchev–Trinajstić information content (AvgIpc) is 3.69. The summed E-state index contributed by atoms with van der Waals surface area (Å²) < 4.78 is 55.8. The lowest BCUT2D eigenvalue weighted by Crippen LogP contribution is -2.39. The van der Waals surface area contributed by atoms with Gasteiger partial charge in [0.05, 0.1) is 30.0 Å². The Morgan fingerprint density at radius 2 is 1.81 bits per heavy atom.